The fourth-order valence-electron chi connectivity index (χ4n) is 4.75. The topological polar surface area (TPSA) is 3.24 Å². The van der Waals surface area contributed by atoms with E-state index in [2.05, 4.69) is 42.2 Å². The van der Waals surface area contributed by atoms with Crippen molar-refractivity contribution in [3.8, 4) is 0 Å². The molecule has 1 atom stereocenters. The van der Waals surface area contributed by atoms with E-state index in [9.17, 15) is 0 Å². The zero-order valence-electron chi connectivity index (χ0n) is 13.7. The summed E-state index contributed by atoms with van der Waals surface area (Å²) in [5, 5.41) is 0. The van der Waals surface area contributed by atoms with Crippen molar-refractivity contribution in [1.82, 2.24) is 4.90 Å². The number of hydrogen-bond acceptors (Lipinski definition) is 1. The molecule has 0 radical (unpaired) electrons. The molecule has 2 heteroatoms. The van der Waals surface area contributed by atoms with Crippen LogP contribution in [-0.2, 0) is 6.42 Å². The molecule has 2 bridgehead atoms. The van der Waals surface area contributed by atoms with Crippen LogP contribution in [0.5, 0.6) is 0 Å². The van der Waals surface area contributed by atoms with E-state index >= 15 is 0 Å². The molecule has 0 amide bonds. The zero-order valence-corrected chi connectivity index (χ0v) is 16.5. The van der Waals surface area contributed by atoms with Crippen LogP contribution in [-0.4, -0.2) is 42.9 Å². The molecule has 3 fully saturated rings. The zero-order chi connectivity index (χ0) is 14.5. The van der Waals surface area contributed by atoms with Gasteiger partial charge in [-0.25, -0.2) is 0 Å². The Bertz CT molecular complexity index is 404. The Kier molecular flexibility index (Phi) is 5.66. The second-order valence-corrected chi connectivity index (χ2v) is 22.3. The van der Waals surface area contributed by atoms with E-state index in [0.29, 0.717) is 0 Å². The van der Waals surface area contributed by atoms with Gasteiger partial charge in [-0.1, -0.05) is 0 Å². The van der Waals surface area contributed by atoms with Gasteiger partial charge in [0.1, 0.15) is 0 Å². The van der Waals surface area contributed by atoms with Crippen molar-refractivity contribution in [2.24, 2.45) is 0 Å². The number of nitrogens with zero attached hydrogens (tertiary/aromatic N) is 1. The maximum absolute atomic E-state index is 2.74. The van der Waals surface area contributed by atoms with E-state index in [4.69, 9.17) is 0 Å². The third-order valence-corrected chi connectivity index (χ3v) is 24.5. The van der Waals surface area contributed by atoms with Gasteiger partial charge in [-0.15, -0.1) is 0 Å². The molecule has 1 aromatic carbocycles. The first-order valence-corrected chi connectivity index (χ1v) is 16.8. The van der Waals surface area contributed by atoms with Gasteiger partial charge in [0, 0.05) is 0 Å². The average Bonchev–Trinajstić information content (AvgIpc) is 2.44. The van der Waals surface area contributed by atoms with Gasteiger partial charge in [-0.2, -0.15) is 0 Å². The average molecular weight is 392 g/mol. The van der Waals surface area contributed by atoms with Crippen LogP contribution in [0.15, 0.2) is 30.3 Å². The van der Waals surface area contributed by atoms with E-state index in [1.165, 1.54) is 51.7 Å². The van der Waals surface area contributed by atoms with Crippen LogP contribution >= 0.6 is 0 Å². The fourth-order valence-corrected chi connectivity index (χ4v) is 20.7. The molecule has 0 unspecified atom stereocenters. The van der Waals surface area contributed by atoms with Gasteiger partial charge in [-0.05, 0) is 0 Å². The minimum absolute atomic E-state index is 1.09. The SMILES string of the molecule is C[C@@H](CCc1ccccc1)[Sn]12[CH2]CCN(CC[CH2]1)CC[CH2]2. The second-order valence-electron chi connectivity index (χ2n) is 7.44. The molecule has 1 aromatic rings. The van der Waals surface area contributed by atoms with Gasteiger partial charge in [0.2, 0.25) is 0 Å². The van der Waals surface area contributed by atoms with Crippen molar-refractivity contribution >= 4 is 18.4 Å². The van der Waals surface area contributed by atoms with Gasteiger partial charge in [0.25, 0.3) is 0 Å². The molecule has 21 heavy (non-hydrogen) atoms. The van der Waals surface area contributed by atoms with Gasteiger partial charge in [-0.3, -0.25) is 0 Å². The summed E-state index contributed by atoms with van der Waals surface area (Å²) < 4.78 is 6.13. The van der Waals surface area contributed by atoms with Gasteiger partial charge >= 0.3 is 135 Å². The first-order chi connectivity index (χ1) is 10.3. The van der Waals surface area contributed by atoms with Crippen molar-refractivity contribution < 1.29 is 0 Å². The van der Waals surface area contributed by atoms with E-state index in [1.54, 1.807) is 18.9 Å². The Morgan fingerprint density at radius 2 is 1.52 bits per heavy atom. The summed E-state index contributed by atoms with van der Waals surface area (Å²) in [7, 11) is 0. The summed E-state index contributed by atoms with van der Waals surface area (Å²) in [4.78, 5) is 2.74. The molecular weight excluding hydrogens is 361 g/mol. The van der Waals surface area contributed by atoms with Crippen molar-refractivity contribution in [2.45, 2.75) is 56.3 Å². The third kappa shape index (κ3) is 4.04. The Morgan fingerprint density at radius 3 is 2.10 bits per heavy atom. The Morgan fingerprint density at radius 1 is 0.952 bits per heavy atom. The Labute approximate surface area is 135 Å². The first-order valence-electron chi connectivity index (χ1n) is 9.05. The molecule has 1 nitrogen and oxygen atoms in total. The van der Waals surface area contributed by atoms with Gasteiger partial charge in [0.05, 0.1) is 0 Å². The fraction of sp³-hybridized carbons (Fsp3) is 0.684. The van der Waals surface area contributed by atoms with Crippen LogP contribution < -0.4 is 0 Å². The van der Waals surface area contributed by atoms with Crippen molar-refractivity contribution in [1.29, 1.82) is 0 Å². The molecule has 4 rings (SSSR count). The number of benzene rings is 1. The van der Waals surface area contributed by atoms with Crippen LogP contribution in [0.25, 0.3) is 0 Å². The molecule has 0 spiro atoms. The van der Waals surface area contributed by atoms with Crippen molar-refractivity contribution in [2.75, 3.05) is 19.6 Å². The molecule has 116 valence electrons. The molecule has 3 aliphatic rings. The summed E-state index contributed by atoms with van der Waals surface area (Å²) >= 11 is -1.86. The van der Waals surface area contributed by atoms with E-state index in [1.807, 2.05) is 0 Å². The van der Waals surface area contributed by atoms with Gasteiger partial charge in [0.15, 0.2) is 0 Å². The van der Waals surface area contributed by atoms with Crippen molar-refractivity contribution in [3.63, 3.8) is 0 Å². The van der Waals surface area contributed by atoms with Crippen LogP contribution in [0, 0.1) is 0 Å². The summed E-state index contributed by atoms with van der Waals surface area (Å²) in [6, 6.07) is 11.2. The maximum atomic E-state index is 2.74. The Balaban J connectivity index is 1.64. The number of fused-ring (bicyclic) bond motifs is 6. The van der Waals surface area contributed by atoms with Crippen molar-refractivity contribution in [3.05, 3.63) is 35.9 Å². The van der Waals surface area contributed by atoms with E-state index < -0.39 is 18.4 Å². The molecule has 0 N–H and O–H groups in total. The quantitative estimate of drug-likeness (QED) is 0.655. The molecule has 0 aliphatic carbocycles. The standard InChI is InChI=1S/C10H13.C9H18N.Sn/c1-2-3-7-10-8-5-4-6-9-10;1-4-7-10(8-5-2)9-6-3;/h2,4-6,8-9H,3,7H2,1H3;1-9H2;. The summed E-state index contributed by atoms with van der Waals surface area (Å²) in [6.07, 6.45) is 7.33. The van der Waals surface area contributed by atoms with E-state index in [-0.39, 0.29) is 0 Å². The minimum atomic E-state index is -1.86. The molecule has 3 saturated heterocycles. The summed E-state index contributed by atoms with van der Waals surface area (Å²) in [5.41, 5.74) is 1.55. The monoisotopic (exact) mass is 393 g/mol. The molecule has 0 saturated carbocycles. The third-order valence-electron chi connectivity index (χ3n) is 6.20. The Hall–Kier alpha value is -0.0213. The van der Waals surface area contributed by atoms with Crippen LogP contribution in [0.1, 0.15) is 38.2 Å². The predicted octanol–water partition coefficient (Wildman–Crippen LogP) is 4.96. The normalized spacial score (nSPS) is 31.2. The second kappa shape index (κ2) is 7.50. The molecular formula is C19H31NSn. The number of aryl methyl sites for hydroxylation is 1. The van der Waals surface area contributed by atoms with E-state index in [0.717, 1.165) is 3.93 Å². The van der Waals surface area contributed by atoms with Gasteiger partial charge < -0.3 is 0 Å². The van der Waals surface area contributed by atoms with Crippen LogP contribution in [0.3, 0.4) is 0 Å². The van der Waals surface area contributed by atoms with Crippen LogP contribution in [0.4, 0.5) is 0 Å². The predicted molar refractivity (Wildman–Crippen MR) is 94.7 cm³/mol. The number of rotatable bonds is 4. The summed E-state index contributed by atoms with van der Waals surface area (Å²) in [5.74, 6) is 0. The summed E-state index contributed by atoms with van der Waals surface area (Å²) in [6.45, 7) is 6.86. The molecule has 3 heterocycles. The molecule has 3 aliphatic heterocycles. The first kappa shape index (κ1) is 15.9. The molecule has 0 aromatic heterocycles. The van der Waals surface area contributed by atoms with Crippen LogP contribution in [0.2, 0.25) is 17.2 Å². The number of hydrogen-bond donors (Lipinski definition) is 0.